The third-order valence-electron chi connectivity index (χ3n) is 3.22. The van der Waals surface area contributed by atoms with E-state index >= 15 is 0 Å². The van der Waals surface area contributed by atoms with Gasteiger partial charge in [-0.25, -0.2) is 4.98 Å². The Kier molecular flexibility index (Phi) is 5.41. The topological polar surface area (TPSA) is 99.0 Å². The van der Waals surface area contributed by atoms with Crippen molar-refractivity contribution in [2.45, 2.75) is 26.3 Å². The first-order chi connectivity index (χ1) is 10.4. The first kappa shape index (κ1) is 17.2. The molecular weight excluding hydrogens is 418 g/mol. The molecule has 0 fully saturated rings. The van der Waals surface area contributed by atoms with Crippen LogP contribution in [0, 0.1) is 10.1 Å². The Bertz CT molecular complexity index is 714. The van der Waals surface area contributed by atoms with E-state index in [9.17, 15) is 10.1 Å². The number of nitrogens with zero attached hydrogens (tertiary/aromatic N) is 3. The lowest BCUT2D eigenvalue weighted by Crippen LogP contribution is -2.13. The second kappa shape index (κ2) is 6.93. The lowest BCUT2D eigenvalue weighted by Gasteiger charge is -2.14. The summed E-state index contributed by atoms with van der Waals surface area (Å²) in [6.07, 6.45) is 0.802. The van der Waals surface area contributed by atoms with Gasteiger partial charge in [-0.05, 0) is 64.7 Å². The van der Waals surface area contributed by atoms with Crippen LogP contribution in [-0.4, -0.2) is 27.6 Å². The van der Waals surface area contributed by atoms with Crippen LogP contribution in [0.3, 0.4) is 0 Å². The molecule has 1 aromatic carbocycles. The molecule has 7 nitrogen and oxygen atoms in total. The molecule has 0 spiro atoms. The van der Waals surface area contributed by atoms with Crippen molar-refractivity contribution in [1.82, 2.24) is 9.55 Å². The van der Waals surface area contributed by atoms with Gasteiger partial charge >= 0.3 is 5.69 Å². The Morgan fingerprint density at radius 2 is 2.18 bits per heavy atom. The Hall–Kier alpha value is -1.19. The maximum atomic E-state index is 11.4. The van der Waals surface area contributed by atoms with Crippen LogP contribution in [0.15, 0.2) is 15.0 Å². The quantitative estimate of drug-likeness (QED) is 0.409. The van der Waals surface area contributed by atoms with Gasteiger partial charge in [-0.15, -0.1) is 0 Å². The third kappa shape index (κ3) is 3.11. The molecule has 1 aromatic heterocycles. The molecule has 0 bridgehead atoms. The van der Waals surface area contributed by atoms with Crippen molar-refractivity contribution in [3.05, 3.63) is 25.1 Å². The number of nitro benzene ring substituents is 1. The molecule has 0 aliphatic heterocycles. The number of hydrogen-bond donors (Lipinski definition) is 2. The van der Waals surface area contributed by atoms with E-state index < -0.39 is 4.92 Å². The van der Waals surface area contributed by atoms with Crippen LogP contribution in [0.2, 0.25) is 0 Å². The molecule has 1 heterocycles. The number of nitrogens with one attached hydrogen (secondary N) is 1. The highest BCUT2D eigenvalue weighted by Gasteiger charge is 2.26. The second-order valence-corrected chi connectivity index (χ2v) is 6.76. The van der Waals surface area contributed by atoms with Crippen molar-refractivity contribution in [3.63, 3.8) is 0 Å². The smallest absolute Gasteiger partial charge is 0.312 e. The van der Waals surface area contributed by atoms with Crippen LogP contribution in [-0.2, 0) is 0 Å². The van der Waals surface area contributed by atoms with Gasteiger partial charge in [-0.3, -0.25) is 10.1 Å². The van der Waals surface area contributed by atoms with E-state index in [0.717, 1.165) is 6.42 Å². The predicted octanol–water partition coefficient (Wildman–Crippen LogP) is 3.81. The van der Waals surface area contributed by atoms with E-state index in [1.54, 1.807) is 0 Å². The number of nitrogens with two attached hydrogens (primary N) is 1. The van der Waals surface area contributed by atoms with Crippen LogP contribution in [0.5, 0.6) is 0 Å². The van der Waals surface area contributed by atoms with E-state index in [1.807, 2.05) is 24.5 Å². The monoisotopic (exact) mass is 433 g/mol. The fraction of sp³-hybridized carbons (Fsp3) is 0.462. The Labute approximate surface area is 144 Å². The summed E-state index contributed by atoms with van der Waals surface area (Å²) in [5.74, 6) is 0.617. The van der Waals surface area contributed by atoms with Crippen molar-refractivity contribution < 1.29 is 4.92 Å². The molecule has 2 aromatic rings. The van der Waals surface area contributed by atoms with Crippen molar-refractivity contribution >= 4 is 54.5 Å². The molecule has 9 heteroatoms. The molecule has 0 saturated carbocycles. The predicted molar refractivity (Wildman–Crippen MR) is 94.3 cm³/mol. The highest BCUT2D eigenvalue weighted by Crippen LogP contribution is 2.40. The fourth-order valence-electron chi connectivity index (χ4n) is 2.27. The van der Waals surface area contributed by atoms with Crippen LogP contribution in [0.25, 0.3) is 11.0 Å². The number of benzene rings is 1. The number of halogens is 2. The van der Waals surface area contributed by atoms with Gasteiger partial charge in [0.05, 0.1) is 10.4 Å². The maximum Gasteiger partial charge on any atom is 0.312 e. The lowest BCUT2D eigenvalue weighted by atomic mass is 10.2. The standard InChI is InChI=1S/C13H17Br2N5O2/c1-7(2)19-9-6-8(14)10(15)12(20(21)22)11(9)18-13(19)17-5-3-4-16/h6-7H,3-5,16H2,1-2H3,(H,17,18). The van der Waals surface area contributed by atoms with Gasteiger partial charge in [0.1, 0.15) is 4.47 Å². The van der Waals surface area contributed by atoms with Crippen molar-refractivity contribution in [2.75, 3.05) is 18.4 Å². The van der Waals surface area contributed by atoms with Crippen molar-refractivity contribution in [3.8, 4) is 0 Å². The zero-order chi connectivity index (χ0) is 16.4. The Morgan fingerprint density at radius 1 is 1.50 bits per heavy atom. The van der Waals surface area contributed by atoms with E-state index in [4.69, 9.17) is 5.73 Å². The summed E-state index contributed by atoms with van der Waals surface area (Å²) < 4.78 is 2.98. The minimum Gasteiger partial charge on any atom is -0.356 e. The normalized spacial score (nSPS) is 11.4. The minimum absolute atomic E-state index is 0.0364. The van der Waals surface area contributed by atoms with Gasteiger partial charge in [0.15, 0.2) is 5.52 Å². The summed E-state index contributed by atoms with van der Waals surface area (Å²) in [6, 6.07) is 1.95. The summed E-state index contributed by atoms with van der Waals surface area (Å²) >= 11 is 6.62. The Balaban J connectivity index is 2.69. The molecule has 120 valence electrons. The molecule has 0 saturated heterocycles. The number of anilines is 1. The van der Waals surface area contributed by atoms with E-state index in [2.05, 4.69) is 42.2 Å². The average molecular weight is 435 g/mol. The molecular formula is C13H17Br2N5O2. The zero-order valence-electron chi connectivity index (χ0n) is 12.3. The first-order valence-electron chi connectivity index (χ1n) is 6.86. The summed E-state index contributed by atoms with van der Waals surface area (Å²) in [6.45, 7) is 5.27. The molecule has 0 aliphatic carbocycles. The second-order valence-electron chi connectivity index (χ2n) is 5.11. The van der Waals surface area contributed by atoms with Crippen molar-refractivity contribution in [2.24, 2.45) is 5.73 Å². The molecule has 0 radical (unpaired) electrons. The number of hydrogen-bond acceptors (Lipinski definition) is 5. The van der Waals surface area contributed by atoms with Gasteiger partial charge in [0, 0.05) is 17.1 Å². The number of rotatable bonds is 6. The molecule has 0 amide bonds. The summed E-state index contributed by atoms with van der Waals surface area (Å²) in [5.41, 5.74) is 6.54. The fourth-order valence-corrected chi connectivity index (χ4v) is 3.13. The van der Waals surface area contributed by atoms with E-state index in [1.165, 1.54) is 0 Å². The molecule has 0 atom stereocenters. The zero-order valence-corrected chi connectivity index (χ0v) is 15.4. The number of nitro groups is 1. The average Bonchev–Trinajstić information content (AvgIpc) is 2.77. The number of imidazole rings is 1. The molecule has 0 aliphatic rings. The van der Waals surface area contributed by atoms with Crippen LogP contribution >= 0.6 is 31.9 Å². The van der Waals surface area contributed by atoms with Gasteiger partial charge in [-0.1, -0.05) is 0 Å². The summed E-state index contributed by atoms with van der Waals surface area (Å²) in [7, 11) is 0. The SMILES string of the molecule is CC(C)n1c(NCCCN)nc2c([N+](=O)[O-])c(Br)c(Br)cc21. The minimum atomic E-state index is -0.418. The maximum absolute atomic E-state index is 11.4. The molecule has 3 N–H and O–H groups in total. The summed E-state index contributed by atoms with van der Waals surface area (Å²) in [5, 5.41) is 14.6. The van der Waals surface area contributed by atoms with Crippen LogP contribution < -0.4 is 11.1 Å². The lowest BCUT2D eigenvalue weighted by molar-refractivity contribution is -0.384. The van der Waals surface area contributed by atoms with Crippen LogP contribution in [0.1, 0.15) is 26.3 Å². The Morgan fingerprint density at radius 3 is 2.73 bits per heavy atom. The third-order valence-corrected chi connectivity index (χ3v) is 5.18. The highest BCUT2D eigenvalue weighted by molar-refractivity contribution is 9.13. The number of aromatic nitrogens is 2. The van der Waals surface area contributed by atoms with Gasteiger partial charge < -0.3 is 15.6 Å². The first-order valence-corrected chi connectivity index (χ1v) is 8.45. The molecule has 22 heavy (non-hydrogen) atoms. The van der Waals surface area contributed by atoms with Crippen LogP contribution in [0.4, 0.5) is 11.6 Å². The largest absolute Gasteiger partial charge is 0.356 e. The summed E-state index contributed by atoms with van der Waals surface area (Å²) in [4.78, 5) is 15.4. The highest BCUT2D eigenvalue weighted by atomic mass is 79.9. The van der Waals surface area contributed by atoms with Gasteiger partial charge in [0.25, 0.3) is 0 Å². The number of fused-ring (bicyclic) bond motifs is 1. The van der Waals surface area contributed by atoms with E-state index in [-0.39, 0.29) is 11.7 Å². The van der Waals surface area contributed by atoms with E-state index in [0.29, 0.717) is 39.0 Å². The molecule has 0 unspecified atom stereocenters. The van der Waals surface area contributed by atoms with Gasteiger partial charge in [-0.2, -0.15) is 0 Å². The van der Waals surface area contributed by atoms with Crippen molar-refractivity contribution in [1.29, 1.82) is 0 Å². The van der Waals surface area contributed by atoms with Gasteiger partial charge in [0.2, 0.25) is 5.95 Å². The molecule has 2 rings (SSSR count).